The van der Waals surface area contributed by atoms with Crippen LogP contribution in [0.4, 0.5) is 4.39 Å². The van der Waals surface area contributed by atoms with Gasteiger partial charge in [-0.3, -0.25) is 14.3 Å². The second-order valence-corrected chi connectivity index (χ2v) is 13.4. The summed E-state index contributed by atoms with van der Waals surface area (Å²) in [6.07, 6.45) is 7.25. The molecule has 1 unspecified atom stereocenters. The van der Waals surface area contributed by atoms with Crippen LogP contribution in [0.15, 0.2) is 18.3 Å². The second kappa shape index (κ2) is 11.5. The minimum Gasteiger partial charge on any atom is -0.386 e. The maximum absolute atomic E-state index is 14.1. The van der Waals surface area contributed by atoms with Gasteiger partial charge in [-0.25, -0.2) is 4.39 Å². The molecule has 0 bridgehead atoms. The van der Waals surface area contributed by atoms with Gasteiger partial charge in [-0.15, -0.1) is 0 Å². The molecule has 214 valence electrons. The molecule has 0 saturated heterocycles. The largest absolute Gasteiger partial charge is 0.386 e. The third-order valence-corrected chi connectivity index (χ3v) is 9.91. The number of ketones is 1. The van der Waals surface area contributed by atoms with Gasteiger partial charge in [0.15, 0.2) is 0 Å². The van der Waals surface area contributed by atoms with E-state index in [2.05, 4.69) is 18.9 Å². The lowest BCUT2D eigenvalue weighted by Crippen LogP contribution is -2.45. The van der Waals surface area contributed by atoms with Crippen LogP contribution >= 0.6 is 23.2 Å². The van der Waals surface area contributed by atoms with E-state index in [1.807, 2.05) is 18.5 Å². The Balaban J connectivity index is 1.60. The maximum atomic E-state index is 14.1. The van der Waals surface area contributed by atoms with Crippen LogP contribution in [-0.4, -0.2) is 44.1 Å². The third kappa shape index (κ3) is 6.36. The van der Waals surface area contributed by atoms with Crippen molar-refractivity contribution in [3.05, 3.63) is 51.0 Å². The highest BCUT2D eigenvalue weighted by Crippen LogP contribution is 2.42. The standard InChI is InChI=1S/C30H40Cl2FN3O3/c1-18-23(16-34-36(18)22-8-12-30(5,13-9-22)19(2)37)28(39)35(21-6-10-29(3,4)11-7-21)17-26(38)27-24(31)14-20(33)15-25(27)32/h14-16,21-22,26,38H,6-13,17H2,1-5H3/t22-,26?,30-. The molecular weight excluding hydrogens is 540 g/mol. The van der Waals surface area contributed by atoms with Crippen LogP contribution in [-0.2, 0) is 4.79 Å². The van der Waals surface area contributed by atoms with Crippen LogP contribution in [0.25, 0.3) is 0 Å². The van der Waals surface area contributed by atoms with Crippen molar-refractivity contribution in [2.24, 2.45) is 10.8 Å². The summed E-state index contributed by atoms with van der Waals surface area (Å²) < 4.78 is 15.7. The van der Waals surface area contributed by atoms with Crippen molar-refractivity contribution >= 4 is 34.9 Å². The van der Waals surface area contributed by atoms with Crippen molar-refractivity contribution in [2.75, 3.05) is 6.54 Å². The first kappa shape index (κ1) is 30.0. The SMILES string of the molecule is Cc1c(C(=O)N(CC(O)c2c(Cl)cc(F)cc2Cl)C2CCC(C)(C)CC2)cnn1[C@H]1CC[C@](C)(C(C)=O)CC1. The van der Waals surface area contributed by atoms with Crippen molar-refractivity contribution in [1.82, 2.24) is 14.7 Å². The number of carbonyl (C=O) groups excluding carboxylic acids is 2. The van der Waals surface area contributed by atoms with Gasteiger partial charge >= 0.3 is 0 Å². The van der Waals surface area contributed by atoms with Crippen LogP contribution < -0.4 is 0 Å². The van der Waals surface area contributed by atoms with Crippen molar-refractivity contribution < 1.29 is 19.1 Å². The normalized spacial score (nSPS) is 24.4. The van der Waals surface area contributed by atoms with E-state index in [1.54, 1.807) is 18.0 Å². The monoisotopic (exact) mass is 579 g/mol. The molecule has 1 amide bonds. The fourth-order valence-electron chi connectivity index (χ4n) is 6.24. The Labute approximate surface area is 240 Å². The lowest BCUT2D eigenvalue weighted by molar-refractivity contribution is -0.127. The number of benzene rings is 1. The van der Waals surface area contributed by atoms with E-state index in [4.69, 9.17) is 23.2 Å². The molecule has 6 nitrogen and oxygen atoms in total. The Morgan fingerprint density at radius 1 is 1.10 bits per heavy atom. The topological polar surface area (TPSA) is 75.4 Å². The molecule has 9 heteroatoms. The number of carbonyl (C=O) groups is 2. The van der Waals surface area contributed by atoms with Crippen molar-refractivity contribution in [1.29, 1.82) is 0 Å². The molecule has 39 heavy (non-hydrogen) atoms. The number of aliphatic hydroxyl groups is 1. The summed E-state index contributed by atoms with van der Waals surface area (Å²) in [7, 11) is 0. The lowest BCUT2D eigenvalue weighted by atomic mass is 9.71. The van der Waals surface area contributed by atoms with Gasteiger partial charge in [0.2, 0.25) is 0 Å². The zero-order chi connectivity index (χ0) is 28.7. The summed E-state index contributed by atoms with van der Waals surface area (Å²) in [5.41, 5.74) is 1.41. The van der Waals surface area contributed by atoms with Gasteiger partial charge < -0.3 is 10.0 Å². The number of halogens is 3. The van der Waals surface area contributed by atoms with Gasteiger partial charge in [-0.05, 0) is 82.8 Å². The number of amides is 1. The van der Waals surface area contributed by atoms with Crippen LogP contribution in [0, 0.1) is 23.6 Å². The highest BCUT2D eigenvalue weighted by atomic mass is 35.5. The maximum Gasteiger partial charge on any atom is 0.257 e. The first-order valence-electron chi connectivity index (χ1n) is 13.9. The minimum atomic E-state index is -1.18. The van der Waals surface area contributed by atoms with Gasteiger partial charge in [0.25, 0.3) is 5.91 Å². The third-order valence-electron chi connectivity index (χ3n) is 9.29. The van der Waals surface area contributed by atoms with Gasteiger partial charge in [0.1, 0.15) is 11.6 Å². The van der Waals surface area contributed by atoms with Crippen molar-refractivity contribution in [2.45, 2.75) is 104 Å². The Bertz CT molecular complexity index is 1200. The molecule has 2 aromatic rings. The highest BCUT2D eigenvalue weighted by molar-refractivity contribution is 6.36. The summed E-state index contributed by atoms with van der Waals surface area (Å²) in [6, 6.07) is 2.31. The number of hydrogen-bond donors (Lipinski definition) is 1. The van der Waals surface area contributed by atoms with Gasteiger partial charge in [-0.1, -0.05) is 44.0 Å². The quantitative estimate of drug-likeness (QED) is 0.368. The molecule has 2 aliphatic carbocycles. The average molecular weight is 581 g/mol. The number of aromatic nitrogens is 2. The molecule has 0 radical (unpaired) electrons. The number of rotatable bonds is 7. The first-order valence-corrected chi connectivity index (χ1v) is 14.7. The molecule has 0 spiro atoms. The van der Waals surface area contributed by atoms with Crippen molar-refractivity contribution in [3.8, 4) is 0 Å². The number of Topliss-reactive ketones (excluding diaryl/α,β-unsaturated/α-hetero) is 1. The molecule has 2 aliphatic rings. The molecule has 1 atom stereocenters. The predicted octanol–water partition coefficient (Wildman–Crippen LogP) is 7.49. The van der Waals surface area contributed by atoms with Gasteiger partial charge in [-0.2, -0.15) is 5.10 Å². The van der Waals surface area contributed by atoms with E-state index in [0.717, 1.165) is 69.2 Å². The molecule has 0 aliphatic heterocycles. The first-order chi connectivity index (χ1) is 18.2. The Hall–Kier alpha value is -1.96. The number of aliphatic hydroxyl groups excluding tert-OH is 1. The molecule has 1 N–H and O–H groups in total. The summed E-state index contributed by atoms with van der Waals surface area (Å²) in [4.78, 5) is 27.9. The van der Waals surface area contributed by atoms with Crippen LogP contribution in [0.5, 0.6) is 0 Å². The zero-order valence-electron chi connectivity index (χ0n) is 23.6. The van der Waals surface area contributed by atoms with Crippen molar-refractivity contribution in [3.63, 3.8) is 0 Å². The average Bonchev–Trinajstić information content (AvgIpc) is 3.23. The van der Waals surface area contributed by atoms with Crippen LogP contribution in [0.1, 0.15) is 113 Å². The summed E-state index contributed by atoms with van der Waals surface area (Å²) in [6.45, 7) is 10.1. The molecule has 2 fully saturated rings. The fourth-order valence-corrected chi connectivity index (χ4v) is 6.95. The molecule has 1 aromatic carbocycles. The van der Waals surface area contributed by atoms with E-state index >= 15 is 0 Å². The molecule has 2 saturated carbocycles. The summed E-state index contributed by atoms with van der Waals surface area (Å²) in [5, 5.41) is 15.9. The fraction of sp³-hybridized carbons (Fsp3) is 0.633. The second-order valence-electron chi connectivity index (χ2n) is 12.6. The van der Waals surface area contributed by atoms with E-state index < -0.39 is 11.9 Å². The van der Waals surface area contributed by atoms with Gasteiger partial charge in [0.05, 0.1) is 40.5 Å². The smallest absolute Gasteiger partial charge is 0.257 e. The molecule has 1 heterocycles. The Kier molecular flexibility index (Phi) is 8.85. The van der Waals surface area contributed by atoms with E-state index in [-0.39, 0.29) is 56.8 Å². The Morgan fingerprint density at radius 2 is 1.67 bits per heavy atom. The van der Waals surface area contributed by atoms with E-state index in [0.29, 0.717) is 5.56 Å². The van der Waals surface area contributed by atoms with E-state index in [9.17, 15) is 19.1 Å². The Morgan fingerprint density at radius 3 is 2.21 bits per heavy atom. The number of hydrogen-bond acceptors (Lipinski definition) is 4. The van der Waals surface area contributed by atoms with E-state index in [1.165, 1.54) is 0 Å². The zero-order valence-corrected chi connectivity index (χ0v) is 25.1. The number of nitrogens with zero attached hydrogens (tertiary/aromatic N) is 3. The summed E-state index contributed by atoms with van der Waals surface area (Å²) in [5.74, 6) is -0.556. The molecule has 4 rings (SSSR count). The predicted molar refractivity (Wildman–Crippen MR) is 152 cm³/mol. The lowest BCUT2D eigenvalue weighted by Gasteiger charge is -2.41. The highest BCUT2D eigenvalue weighted by Gasteiger charge is 2.38. The van der Waals surface area contributed by atoms with Crippen LogP contribution in [0.3, 0.4) is 0 Å². The van der Waals surface area contributed by atoms with Crippen LogP contribution in [0.2, 0.25) is 10.0 Å². The van der Waals surface area contributed by atoms with Gasteiger partial charge in [0, 0.05) is 22.7 Å². The molecule has 1 aromatic heterocycles. The molecular formula is C30H40Cl2FN3O3. The summed E-state index contributed by atoms with van der Waals surface area (Å²) >= 11 is 12.5. The minimum absolute atomic E-state index is 0.0139.